The van der Waals surface area contributed by atoms with Gasteiger partial charge in [0.1, 0.15) is 5.82 Å². The van der Waals surface area contributed by atoms with Gasteiger partial charge in [0.15, 0.2) is 5.65 Å². The van der Waals surface area contributed by atoms with Gasteiger partial charge in [-0.15, -0.1) is 10.2 Å². The van der Waals surface area contributed by atoms with Crippen LogP contribution in [0.25, 0.3) is 5.65 Å². The fourth-order valence-corrected chi connectivity index (χ4v) is 2.19. The highest BCUT2D eigenvalue weighted by molar-refractivity contribution is 5.94. The quantitative estimate of drug-likeness (QED) is 0.569. The van der Waals surface area contributed by atoms with E-state index >= 15 is 0 Å². The van der Waals surface area contributed by atoms with E-state index in [2.05, 4.69) is 15.5 Å². The first-order valence-electron chi connectivity index (χ1n) is 6.96. The van der Waals surface area contributed by atoms with Crippen LogP contribution in [-0.2, 0) is 6.42 Å². The number of carbonyl (C=O) groups is 1. The Kier molecular flexibility index (Phi) is 3.96. The number of hydrogen-bond acceptors (Lipinski definition) is 5. The Labute approximate surface area is 130 Å². The molecule has 1 aromatic carbocycles. The topological polar surface area (TPSA) is 102 Å². The summed E-state index contributed by atoms with van der Waals surface area (Å²) in [6.45, 7) is 0.394. The Morgan fingerprint density at radius 1 is 1.17 bits per heavy atom. The molecule has 0 aliphatic carbocycles. The summed E-state index contributed by atoms with van der Waals surface area (Å²) in [5.74, 6) is 0.471. The van der Waals surface area contributed by atoms with Gasteiger partial charge in [0.05, 0.1) is 4.92 Å². The average Bonchev–Trinajstić information content (AvgIpc) is 2.98. The zero-order valence-electron chi connectivity index (χ0n) is 12.0. The highest BCUT2D eigenvalue weighted by atomic mass is 16.6. The highest BCUT2D eigenvalue weighted by Crippen LogP contribution is 2.11. The number of fused-ring (bicyclic) bond motifs is 1. The van der Waals surface area contributed by atoms with Crippen molar-refractivity contribution in [2.45, 2.75) is 6.42 Å². The maximum absolute atomic E-state index is 12.0. The van der Waals surface area contributed by atoms with Crippen molar-refractivity contribution in [3.8, 4) is 0 Å². The van der Waals surface area contributed by atoms with Gasteiger partial charge in [-0.25, -0.2) is 0 Å². The second-order valence-corrected chi connectivity index (χ2v) is 4.85. The lowest BCUT2D eigenvalue weighted by Gasteiger charge is -2.04. The zero-order chi connectivity index (χ0) is 16.2. The van der Waals surface area contributed by atoms with E-state index in [1.54, 1.807) is 0 Å². The summed E-state index contributed by atoms with van der Waals surface area (Å²) in [5, 5.41) is 21.5. The largest absolute Gasteiger partial charge is 0.352 e. The number of pyridine rings is 1. The minimum Gasteiger partial charge on any atom is -0.352 e. The predicted octanol–water partition coefficient (Wildman–Crippen LogP) is 1.61. The van der Waals surface area contributed by atoms with Crippen molar-refractivity contribution in [1.82, 2.24) is 19.9 Å². The Balaban J connectivity index is 1.60. The van der Waals surface area contributed by atoms with Gasteiger partial charge in [-0.1, -0.05) is 6.07 Å². The smallest absolute Gasteiger partial charge is 0.269 e. The monoisotopic (exact) mass is 311 g/mol. The summed E-state index contributed by atoms with van der Waals surface area (Å²) in [7, 11) is 0. The van der Waals surface area contributed by atoms with Crippen LogP contribution in [0, 0.1) is 10.1 Å². The third kappa shape index (κ3) is 3.15. The zero-order valence-corrected chi connectivity index (χ0v) is 12.0. The molecule has 116 valence electrons. The van der Waals surface area contributed by atoms with Crippen molar-refractivity contribution in [2.24, 2.45) is 0 Å². The molecule has 0 unspecified atom stereocenters. The first kappa shape index (κ1) is 14.6. The number of rotatable bonds is 5. The molecule has 0 fully saturated rings. The predicted molar refractivity (Wildman–Crippen MR) is 82.1 cm³/mol. The molecule has 0 saturated carbocycles. The summed E-state index contributed by atoms with van der Waals surface area (Å²) in [6.07, 6.45) is 2.40. The van der Waals surface area contributed by atoms with E-state index in [9.17, 15) is 14.9 Å². The normalized spacial score (nSPS) is 10.6. The summed E-state index contributed by atoms with van der Waals surface area (Å²) >= 11 is 0. The van der Waals surface area contributed by atoms with Gasteiger partial charge in [-0.05, 0) is 24.3 Å². The first-order valence-corrected chi connectivity index (χ1v) is 6.96. The van der Waals surface area contributed by atoms with Crippen molar-refractivity contribution in [3.05, 3.63) is 70.2 Å². The van der Waals surface area contributed by atoms with Crippen LogP contribution in [0.5, 0.6) is 0 Å². The second kappa shape index (κ2) is 6.22. The molecule has 3 rings (SSSR count). The van der Waals surface area contributed by atoms with Gasteiger partial charge in [0.2, 0.25) is 0 Å². The lowest BCUT2D eigenvalue weighted by molar-refractivity contribution is -0.384. The van der Waals surface area contributed by atoms with Crippen LogP contribution in [0.3, 0.4) is 0 Å². The fourth-order valence-electron chi connectivity index (χ4n) is 2.19. The Hall–Kier alpha value is -3.29. The van der Waals surface area contributed by atoms with Gasteiger partial charge in [0, 0.05) is 36.9 Å². The number of nitrogens with zero attached hydrogens (tertiary/aromatic N) is 4. The summed E-state index contributed by atoms with van der Waals surface area (Å²) < 4.78 is 1.86. The number of nitro groups is 1. The molecule has 1 amide bonds. The van der Waals surface area contributed by atoms with Crippen molar-refractivity contribution in [1.29, 1.82) is 0 Å². The fraction of sp³-hybridized carbons (Fsp3) is 0.133. The van der Waals surface area contributed by atoms with Gasteiger partial charge in [-0.2, -0.15) is 0 Å². The lowest BCUT2D eigenvalue weighted by Crippen LogP contribution is -2.26. The van der Waals surface area contributed by atoms with E-state index in [1.807, 2.05) is 28.8 Å². The highest BCUT2D eigenvalue weighted by Gasteiger charge is 2.10. The minimum absolute atomic E-state index is 0.0449. The van der Waals surface area contributed by atoms with Gasteiger partial charge >= 0.3 is 0 Å². The number of carbonyl (C=O) groups excluding carboxylic acids is 1. The van der Waals surface area contributed by atoms with E-state index in [1.165, 1.54) is 24.3 Å². The second-order valence-electron chi connectivity index (χ2n) is 4.85. The SMILES string of the molecule is O=C(NCCc1nnc2ccccn12)c1ccc([N+](=O)[O-])cc1. The molecule has 0 spiro atoms. The van der Waals surface area contributed by atoms with Crippen LogP contribution in [0.2, 0.25) is 0 Å². The van der Waals surface area contributed by atoms with Crippen LogP contribution in [0.4, 0.5) is 5.69 Å². The molecule has 23 heavy (non-hydrogen) atoms. The van der Waals surface area contributed by atoms with Crippen LogP contribution in [-0.4, -0.2) is 32.0 Å². The lowest BCUT2D eigenvalue weighted by atomic mass is 10.2. The standard InChI is InChI=1S/C15H13N5O3/c21-15(11-4-6-12(7-5-11)20(22)23)16-9-8-14-18-17-13-3-1-2-10-19(13)14/h1-7,10H,8-9H2,(H,16,21). The molecule has 1 N–H and O–H groups in total. The number of non-ortho nitro benzene ring substituents is 1. The van der Waals surface area contributed by atoms with Crippen LogP contribution >= 0.6 is 0 Å². The molecule has 3 aromatic rings. The molecule has 0 bridgehead atoms. The summed E-state index contributed by atoms with van der Waals surface area (Å²) in [6, 6.07) is 11.1. The van der Waals surface area contributed by atoms with E-state index in [4.69, 9.17) is 0 Å². The molecular weight excluding hydrogens is 298 g/mol. The number of nitro benzene ring substituents is 1. The Morgan fingerprint density at radius 2 is 1.96 bits per heavy atom. The third-order valence-electron chi connectivity index (χ3n) is 3.36. The third-order valence-corrected chi connectivity index (χ3v) is 3.36. The van der Waals surface area contributed by atoms with Crippen molar-refractivity contribution in [2.75, 3.05) is 6.54 Å². The first-order chi connectivity index (χ1) is 11.1. The minimum atomic E-state index is -0.502. The molecule has 0 aliphatic rings. The Morgan fingerprint density at radius 3 is 2.70 bits per heavy atom. The molecule has 0 saturated heterocycles. The summed E-state index contributed by atoms with van der Waals surface area (Å²) in [5.41, 5.74) is 1.09. The molecule has 0 aliphatic heterocycles. The number of benzene rings is 1. The summed E-state index contributed by atoms with van der Waals surface area (Å²) in [4.78, 5) is 22.1. The molecular formula is C15H13N5O3. The molecule has 2 aromatic heterocycles. The van der Waals surface area contributed by atoms with E-state index < -0.39 is 4.92 Å². The molecule has 2 heterocycles. The van der Waals surface area contributed by atoms with E-state index in [0.29, 0.717) is 18.5 Å². The van der Waals surface area contributed by atoms with Gasteiger partial charge < -0.3 is 5.32 Å². The van der Waals surface area contributed by atoms with Crippen LogP contribution in [0.15, 0.2) is 48.7 Å². The van der Waals surface area contributed by atoms with Crippen molar-refractivity contribution < 1.29 is 9.72 Å². The molecule has 8 nitrogen and oxygen atoms in total. The molecule has 0 radical (unpaired) electrons. The maximum atomic E-state index is 12.0. The van der Waals surface area contributed by atoms with Gasteiger partial charge in [0.25, 0.3) is 11.6 Å². The average molecular weight is 311 g/mol. The molecule has 8 heteroatoms. The number of aromatic nitrogens is 3. The van der Waals surface area contributed by atoms with E-state index in [0.717, 1.165) is 11.5 Å². The number of nitrogens with one attached hydrogen (secondary N) is 1. The van der Waals surface area contributed by atoms with Gasteiger partial charge in [-0.3, -0.25) is 19.3 Å². The van der Waals surface area contributed by atoms with E-state index in [-0.39, 0.29) is 11.6 Å². The van der Waals surface area contributed by atoms with Crippen molar-refractivity contribution in [3.63, 3.8) is 0 Å². The molecule has 0 atom stereocenters. The number of amides is 1. The van der Waals surface area contributed by atoms with Crippen molar-refractivity contribution >= 4 is 17.2 Å². The Bertz CT molecular complexity index is 857. The van der Waals surface area contributed by atoms with Crippen LogP contribution < -0.4 is 5.32 Å². The number of hydrogen-bond donors (Lipinski definition) is 1. The van der Waals surface area contributed by atoms with Crippen LogP contribution in [0.1, 0.15) is 16.2 Å². The maximum Gasteiger partial charge on any atom is 0.269 e.